The van der Waals surface area contributed by atoms with Gasteiger partial charge in [0.1, 0.15) is 5.69 Å². The summed E-state index contributed by atoms with van der Waals surface area (Å²) in [6.07, 6.45) is 2.51. The molecule has 50 valence electrons. The van der Waals surface area contributed by atoms with Crippen molar-refractivity contribution in [2.45, 2.75) is 0 Å². The maximum Gasteiger partial charge on any atom is 0.189 e. The Bertz CT molecular complexity index is 279. The Morgan fingerprint density at radius 2 is 2.50 bits per heavy atom. The maximum atomic E-state index is 10.5. The first-order valence-electron chi connectivity index (χ1n) is 2.57. The molecule has 5 nitrogen and oxygen atoms in total. The van der Waals surface area contributed by atoms with Gasteiger partial charge in [-0.3, -0.25) is 0 Å². The molecule has 0 aromatic carbocycles. The van der Waals surface area contributed by atoms with Crippen molar-refractivity contribution >= 4 is 5.69 Å². The molecule has 0 fully saturated rings. The van der Waals surface area contributed by atoms with Crippen LogP contribution in [-0.4, -0.2) is 0 Å². The molecule has 0 aliphatic rings. The van der Waals surface area contributed by atoms with Gasteiger partial charge in [-0.1, -0.05) is 5.11 Å². The summed E-state index contributed by atoms with van der Waals surface area (Å²) >= 11 is 0. The summed E-state index contributed by atoms with van der Waals surface area (Å²) in [6, 6.07) is 3.06. The molecule has 1 rings (SSSR count). The van der Waals surface area contributed by atoms with Crippen LogP contribution in [-0.2, 0) is 0 Å². The lowest BCUT2D eigenvalue weighted by atomic mass is 10.4. The molecule has 1 aromatic heterocycles. The summed E-state index contributed by atoms with van der Waals surface area (Å²) in [5.41, 5.74) is 8.28. The second-order valence-electron chi connectivity index (χ2n) is 1.61. The van der Waals surface area contributed by atoms with Crippen LogP contribution in [0.5, 0.6) is 0 Å². The zero-order valence-electron chi connectivity index (χ0n) is 5.01. The minimum atomic E-state index is 0.319. The Labute approximate surface area is 56.7 Å². The van der Waals surface area contributed by atoms with Crippen LogP contribution in [0.1, 0.15) is 0 Å². The highest BCUT2D eigenvalue weighted by atomic mass is 16.5. The summed E-state index contributed by atoms with van der Waals surface area (Å²) < 4.78 is 0.573. The number of pyridine rings is 1. The van der Waals surface area contributed by atoms with Gasteiger partial charge in [-0.15, -0.1) is 0 Å². The number of aromatic nitrogens is 1. The van der Waals surface area contributed by atoms with Crippen molar-refractivity contribution < 1.29 is 4.73 Å². The summed E-state index contributed by atoms with van der Waals surface area (Å²) in [6.45, 7) is 0. The van der Waals surface area contributed by atoms with Gasteiger partial charge in [-0.25, -0.2) is 0 Å². The lowest BCUT2D eigenvalue weighted by Crippen LogP contribution is -2.23. The molecular formula is C5H4N4O. The van der Waals surface area contributed by atoms with E-state index in [2.05, 4.69) is 10.0 Å². The summed E-state index contributed by atoms with van der Waals surface area (Å²) in [5, 5.41) is 13.7. The van der Waals surface area contributed by atoms with Crippen molar-refractivity contribution in [3.8, 4) is 0 Å². The topological polar surface area (TPSA) is 75.7 Å². The van der Waals surface area contributed by atoms with Gasteiger partial charge < -0.3 is 5.21 Å². The Kier molecular flexibility index (Phi) is 1.72. The molecule has 0 amide bonds. The van der Waals surface area contributed by atoms with E-state index >= 15 is 0 Å². The predicted octanol–water partition coefficient (Wildman–Crippen LogP) is 1.26. The van der Waals surface area contributed by atoms with E-state index in [9.17, 15) is 5.21 Å². The van der Waals surface area contributed by atoms with E-state index in [1.165, 1.54) is 18.5 Å². The predicted molar refractivity (Wildman–Crippen MR) is 34.2 cm³/mol. The van der Waals surface area contributed by atoms with E-state index in [0.29, 0.717) is 10.4 Å². The maximum absolute atomic E-state index is 10.5. The van der Waals surface area contributed by atoms with Gasteiger partial charge in [0.2, 0.25) is 0 Å². The van der Waals surface area contributed by atoms with E-state index in [-0.39, 0.29) is 0 Å². The highest BCUT2D eigenvalue weighted by Crippen LogP contribution is 2.05. The fourth-order valence-electron chi connectivity index (χ4n) is 0.554. The molecular weight excluding hydrogens is 132 g/mol. The highest BCUT2D eigenvalue weighted by Gasteiger charge is 1.90. The molecule has 0 saturated carbocycles. The molecule has 0 spiro atoms. The molecule has 0 bridgehead atoms. The minimum absolute atomic E-state index is 0.319. The molecule has 5 heteroatoms. The Morgan fingerprint density at radius 3 is 3.10 bits per heavy atom. The molecule has 1 heterocycles. The highest BCUT2D eigenvalue weighted by molar-refractivity contribution is 5.29. The minimum Gasteiger partial charge on any atom is -0.619 e. The van der Waals surface area contributed by atoms with Crippen LogP contribution in [0.3, 0.4) is 0 Å². The lowest BCUT2D eigenvalue weighted by molar-refractivity contribution is -0.604. The summed E-state index contributed by atoms with van der Waals surface area (Å²) in [4.78, 5) is 2.52. The molecule has 0 radical (unpaired) electrons. The second kappa shape index (κ2) is 2.70. The van der Waals surface area contributed by atoms with Crippen LogP contribution in [0, 0.1) is 5.21 Å². The Balaban J connectivity index is 3.06. The van der Waals surface area contributed by atoms with Gasteiger partial charge in [0.15, 0.2) is 12.4 Å². The lowest BCUT2D eigenvalue weighted by Gasteiger charge is -1.92. The first-order valence-corrected chi connectivity index (χ1v) is 2.57. The van der Waals surface area contributed by atoms with Crippen molar-refractivity contribution in [2.75, 3.05) is 0 Å². The standard InChI is InChI=1S/C5H4N4O/c6-8-7-5-2-1-3-9(10)4-5/h1-4H. The van der Waals surface area contributed by atoms with Crippen LogP contribution < -0.4 is 4.73 Å². The number of hydrogen-bond acceptors (Lipinski definition) is 2. The fraction of sp³-hybridized carbons (Fsp3) is 0. The third-order valence-electron chi connectivity index (χ3n) is 0.920. The van der Waals surface area contributed by atoms with Crippen molar-refractivity contribution in [1.29, 1.82) is 0 Å². The summed E-state index contributed by atoms with van der Waals surface area (Å²) in [7, 11) is 0. The first-order chi connectivity index (χ1) is 4.83. The third-order valence-corrected chi connectivity index (χ3v) is 0.920. The molecule has 1 aromatic rings. The molecule has 0 aliphatic heterocycles. The molecule has 0 atom stereocenters. The number of nitrogens with zero attached hydrogens (tertiary/aromatic N) is 4. The molecule has 10 heavy (non-hydrogen) atoms. The van der Waals surface area contributed by atoms with Crippen molar-refractivity contribution in [3.05, 3.63) is 40.2 Å². The van der Waals surface area contributed by atoms with Crippen LogP contribution in [0.2, 0.25) is 0 Å². The average Bonchev–Trinajstić information content (AvgIpc) is 1.88. The second-order valence-corrected chi connectivity index (χ2v) is 1.61. The molecule has 0 unspecified atom stereocenters. The molecule has 0 aliphatic carbocycles. The fourth-order valence-corrected chi connectivity index (χ4v) is 0.554. The smallest absolute Gasteiger partial charge is 0.189 e. The van der Waals surface area contributed by atoms with Crippen molar-refractivity contribution in [1.82, 2.24) is 0 Å². The number of hydrogen-bond donors (Lipinski definition) is 0. The molecule has 0 N–H and O–H groups in total. The zero-order chi connectivity index (χ0) is 7.40. The average molecular weight is 136 g/mol. The van der Waals surface area contributed by atoms with E-state index in [1.807, 2.05) is 0 Å². The van der Waals surface area contributed by atoms with Crippen LogP contribution >= 0.6 is 0 Å². The van der Waals surface area contributed by atoms with E-state index in [0.717, 1.165) is 0 Å². The monoisotopic (exact) mass is 136 g/mol. The van der Waals surface area contributed by atoms with Crippen molar-refractivity contribution in [2.24, 2.45) is 5.11 Å². The Morgan fingerprint density at radius 1 is 1.70 bits per heavy atom. The van der Waals surface area contributed by atoms with Gasteiger partial charge in [0.05, 0.1) is 0 Å². The normalized spacial score (nSPS) is 8.40. The van der Waals surface area contributed by atoms with Gasteiger partial charge >= 0.3 is 0 Å². The van der Waals surface area contributed by atoms with E-state index < -0.39 is 0 Å². The zero-order valence-corrected chi connectivity index (χ0v) is 5.01. The van der Waals surface area contributed by atoms with Crippen LogP contribution in [0.15, 0.2) is 29.6 Å². The van der Waals surface area contributed by atoms with Crippen molar-refractivity contribution in [3.63, 3.8) is 0 Å². The van der Waals surface area contributed by atoms with E-state index in [1.54, 1.807) is 6.07 Å². The largest absolute Gasteiger partial charge is 0.619 e. The number of rotatable bonds is 1. The van der Waals surface area contributed by atoms with Gasteiger partial charge in [-0.2, -0.15) is 4.73 Å². The third kappa shape index (κ3) is 1.37. The van der Waals surface area contributed by atoms with Gasteiger partial charge in [0.25, 0.3) is 0 Å². The van der Waals surface area contributed by atoms with Gasteiger partial charge in [-0.05, 0) is 11.6 Å². The van der Waals surface area contributed by atoms with Crippen LogP contribution in [0.25, 0.3) is 10.4 Å². The molecule has 0 saturated heterocycles. The summed E-state index contributed by atoms with van der Waals surface area (Å²) in [5.74, 6) is 0. The number of azide groups is 1. The quantitative estimate of drug-likeness (QED) is 0.188. The Hall–Kier alpha value is -1.74. The van der Waals surface area contributed by atoms with Crippen LogP contribution in [0.4, 0.5) is 5.69 Å². The first kappa shape index (κ1) is 6.38. The van der Waals surface area contributed by atoms with E-state index in [4.69, 9.17) is 5.53 Å². The SMILES string of the molecule is [N-]=[N+]=Nc1ccc[n+]([O-])c1. The van der Waals surface area contributed by atoms with Gasteiger partial charge in [0, 0.05) is 11.0 Å².